The van der Waals surface area contributed by atoms with Crippen molar-refractivity contribution in [3.05, 3.63) is 108 Å². The van der Waals surface area contributed by atoms with Crippen LogP contribution in [-0.2, 0) is 22.3 Å². The molecule has 4 nitrogen and oxygen atoms in total. The van der Waals surface area contributed by atoms with Gasteiger partial charge >= 0.3 is 0 Å². The zero-order chi connectivity index (χ0) is 24.7. The maximum Gasteiger partial charge on any atom is 0.162 e. The normalized spacial score (nSPS) is 11.5. The van der Waals surface area contributed by atoms with Gasteiger partial charge in [0.2, 0.25) is 0 Å². The Morgan fingerprint density at radius 1 is 0.486 bits per heavy atom. The van der Waals surface area contributed by atoms with Gasteiger partial charge < -0.3 is 19.7 Å². The number of phenolic OH excluding ortho intramolecular Hbond substituents is 2. The Balaban J connectivity index is 1.20. The highest BCUT2D eigenvalue weighted by Gasteiger charge is 2.18. The van der Waals surface area contributed by atoms with Gasteiger partial charge in [-0.25, -0.2) is 0 Å². The number of aromatic hydroxyl groups is 2. The summed E-state index contributed by atoms with van der Waals surface area (Å²) < 4.78 is 12.0. The second kappa shape index (κ2) is 11.2. The molecule has 2 N–H and O–H groups in total. The number of rotatable bonds is 10. The van der Waals surface area contributed by atoms with E-state index in [1.54, 1.807) is 24.3 Å². The molecule has 0 saturated carbocycles. The van der Waals surface area contributed by atoms with Gasteiger partial charge in [-0.2, -0.15) is 0 Å². The van der Waals surface area contributed by atoms with E-state index in [4.69, 9.17) is 9.47 Å². The van der Waals surface area contributed by atoms with Crippen molar-refractivity contribution in [2.24, 2.45) is 0 Å². The molecule has 35 heavy (non-hydrogen) atoms. The van der Waals surface area contributed by atoms with Crippen LogP contribution in [0.3, 0.4) is 0 Å². The molecule has 4 aromatic carbocycles. The minimum atomic E-state index is -0.655. The van der Waals surface area contributed by atoms with Crippen molar-refractivity contribution in [2.75, 3.05) is 13.2 Å². The first-order valence-electron chi connectivity index (χ1n) is 11.9. The van der Waals surface area contributed by atoms with Crippen LogP contribution in [0.1, 0.15) is 25.0 Å². The minimum Gasteiger partial charge on any atom is -0.508 e. The SMILES string of the molecule is CC(C)(OCCc1ccc(-c2ccc(O)cc2)cc1)OCCc1ccc(-c2ccc(O)cc2)cc1. The van der Waals surface area contributed by atoms with Crippen molar-refractivity contribution in [1.82, 2.24) is 0 Å². The van der Waals surface area contributed by atoms with E-state index >= 15 is 0 Å². The molecule has 0 amide bonds. The fraction of sp³-hybridized carbons (Fsp3) is 0.226. The van der Waals surface area contributed by atoms with Crippen molar-refractivity contribution < 1.29 is 19.7 Å². The van der Waals surface area contributed by atoms with Crippen LogP contribution in [0.5, 0.6) is 11.5 Å². The van der Waals surface area contributed by atoms with Crippen LogP contribution >= 0.6 is 0 Å². The molecule has 0 aliphatic rings. The summed E-state index contributed by atoms with van der Waals surface area (Å²) in [5.41, 5.74) is 6.81. The lowest BCUT2D eigenvalue weighted by Crippen LogP contribution is -2.30. The molecule has 4 rings (SSSR count). The smallest absolute Gasteiger partial charge is 0.162 e. The first kappa shape index (κ1) is 24.5. The van der Waals surface area contributed by atoms with Gasteiger partial charge in [-0.05, 0) is 84.3 Å². The second-order valence-corrected chi connectivity index (χ2v) is 9.08. The van der Waals surface area contributed by atoms with E-state index in [9.17, 15) is 10.2 Å². The van der Waals surface area contributed by atoms with E-state index in [-0.39, 0.29) is 11.5 Å². The predicted octanol–water partition coefficient (Wildman–Crippen LogP) is 6.99. The topological polar surface area (TPSA) is 58.9 Å². The Morgan fingerprint density at radius 3 is 1.09 bits per heavy atom. The quantitative estimate of drug-likeness (QED) is 0.246. The summed E-state index contributed by atoms with van der Waals surface area (Å²) in [5.74, 6) is -0.107. The van der Waals surface area contributed by atoms with E-state index < -0.39 is 5.79 Å². The lowest BCUT2D eigenvalue weighted by Gasteiger charge is -2.26. The third-order valence-corrected chi connectivity index (χ3v) is 5.99. The number of hydrogen-bond donors (Lipinski definition) is 2. The summed E-state index contributed by atoms with van der Waals surface area (Å²) in [4.78, 5) is 0. The molecule has 0 radical (unpaired) electrons. The zero-order valence-corrected chi connectivity index (χ0v) is 20.3. The molecule has 0 aromatic heterocycles. The Morgan fingerprint density at radius 2 is 0.771 bits per heavy atom. The molecule has 0 fully saturated rings. The van der Waals surface area contributed by atoms with Gasteiger partial charge in [-0.3, -0.25) is 0 Å². The Hall–Kier alpha value is -3.60. The van der Waals surface area contributed by atoms with Crippen molar-refractivity contribution in [3.8, 4) is 33.8 Å². The molecule has 4 heteroatoms. The molecule has 0 atom stereocenters. The van der Waals surface area contributed by atoms with Gasteiger partial charge in [0.15, 0.2) is 5.79 Å². The van der Waals surface area contributed by atoms with E-state index in [1.807, 2.05) is 38.1 Å². The summed E-state index contributed by atoms with van der Waals surface area (Å²) >= 11 is 0. The fourth-order valence-electron chi connectivity index (χ4n) is 3.91. The highest BCUT2D eigenvalue weighted by Crippen LogP contribution is 2.24. The lowest BCUT2D eigenvalue weighted by molar-refractivity contribution is -0.212. The van der Waals surface area contributed by atoms with E-state index in [0.29, 0.717) is 13.2 Å². The van der Waals surface area contributed by atoms with Gasteiger partial charge in [0.1, 0.15) is 11.5 Å². The molecule has 0 aliphatic carbocycles. The fourth-order valence-corrected chi connectivity index (χ4v) is 3.91. The Labute approximate surface area is 207 Å². The minimum absolute atomic E-state index is 0.274. The third-order valence-electron chi connectivity index (χ3n) is 5.99. The van der Waals surface area contributed by atoms with Crippen LogP contribution in [0.2, 0.25) is 0 Å². The zero-order valence-electron chi connectivity index (χ0n) is 20.3. The van der Waals surface area contributed by atoms with Crippen LogP contribution in [-0.4, -0.2) is 29.2 Å². The van der Waals surface area contributed by atoms with Crippen molar-refractivity contribution in [2.45, 2.75) is 32.5 Å². The van der Waals surface area contributed by atoms with Crippen LogP contribution in [0.4, 0.5) is 0 Å². The molecule has 0 aliphatic heterocycles. The molecule has 0 spiro atoms. The highest BCUT2D eigenvalue weighted by molar-refractivity contribution is 5.65. The molecule has 0 unspecified atom stereocenters. The van der Waals surface area contributed by atoms with E-state index in [2.05, 4.69) is 48.5 Å². The number of benzene rings is 4. The number of hydrogen-bond acceptors (Lipinski definition) is 4. The van der Waals surface area contributed by atoms with Gasteiger partial charge in [0.25, 0.3) is 0 Å². The summed E-state index contributed by atoms with van der Waals surface area (Å²) in [7, 11) is 0. The van der Waals surface area contributed by atoms with Gasteiger partial charge in [0.05, 0.1) is 13.2 Å². The molecule has 4 aromatic rings. The molecule has 0 bridgehead atoms. The molecule has 0 heterocycles. The maximum atomic E-state index is 9.45. The molecule has 0 saturated heterocycles. The van der Waals surface area contributed by atoms with E-state index in [0.717, 1.165) is 35.1 Å². The molecular weight excluding hydrogens is 436 g/mol. The number of phenols is 2. The van der Waals surface area contributed by atoms with Gasteiger partial charge in [0, 0.05) is 0 Å². The largest absolute Gasteiger partial charge is 0.508 e. The van der Waals surface area contributed by atoms with Gasteiger partial charge in [-0.15, -0.1) is 0 Å². The predicted molar refractivity (Wildman–Crippen MR) is 140 cm³/mol. The maximum absolute atomic E-state index is 9.45. The molecular formula is C31H32O4. The molecule has 180 valence electrons. The average Bonchev–Trinajstić information content (AvgIpc) is 2.86. The van der Waals surface area contributed by atoms with Gasteiger partial charge in [-0.1, -0.05) is 72.8 Å². The van der Waals surface area contributed by atoms with Crippen molar-refractivity contribution in [1.29, 1.82) is 0 Å². The number of ether oxygens (including phenoxy) is 2. The first-order chi connectivity index (χ1) is 16.9. The van der Waals surface area contributed by atoms with E-state index in [1.165, 1.54) is 11.1 Å². The third kappa shape index (κ3) is 7.19. The van der Waals surface area contributed by atoms with Crippen molar-refractivity contribution >= 4 is 0 Å². The van der Waals surface area contributed by atoms with Crippen molar-refractivity contribution in [3.63, 3.8) is 0 Å². The van der Waals surface area contributed by atoms with Crippen LogP contribution < -0.4 is 0 Å². The summed E-state index contributed by atoms with van der Waals surface area (Å²) in [6.45, 7) is 5.06. The Kier molecular flexibility index (Phi) is 7.86. The summed E-state index contributed by atoms with van der Waals surface area (Å²) in [6.07, 6.45) is 1.61. The monoisotopic (exact) mass is 468 g/mol. The summed E-state index contributed by atoms with van der Waals surface area (Å²) in [5, 5.41) is 18.9. The lowest BCUT2D eigenvalue weighted by atomic mass is 10.0. The van der Waals surface area contributed by atoms with Crippen LogP contribution in [0.15, 0.2) is 97.1 Å². The standard InChI is InChI=1S/C31H32O4/c1-31(2,34-21-19-23-3-7-25(8-4-23)27-11-15-29(32)16-12-27)35-22-20-24-5-9-26(10-6-24)28-13-17-30(33)18-14-28/h3-18,32-33H,19-22H2,1-2H3. The summed E-state index contributed by atoms with van der Waals surface area (Å²) in [6, 6.07) is 31.3. The second-order valence-electron chi connectivity index (χ2n) is 9.08. The van der Waals surface area contributed by atoms with Crippen LogP contribution in [0.25, 0.3) is 22.3 Å². The van der Waals surface area contributed by atoms with Crippen LogP contribution in [0, 0.1) is 0 Å². The highest BCUT2D eigenvalue weighted by atomic mass is 16.7. The Bertz CT molecular complexity index is 1100. The average molecular weight is 469 g/mol. The first-order valence-corrected chi connectivity index (χ1v) is 11.9.